The summed E-state index contributed by atoms with van der Waals surface area (Å²) < 4.78 is 109. The number of methoxy groups -OCH3 is 1. The number of carbonyl (C=O) groups is 2. The molecule has 0 spiro atoms. The van der Waals surface area contributed by atoms with Crippen molar-refractivity contribution in [3.05, 3.63) is 24.3 Å². The van der Waals surface area contributed by atoms with E-state index >= 15 is 0 Å². The molecule has 52 heavy (non-hydrogen) atoms. The van der Waals surface area contributed by atoms with Crippen molar-refractivity contribution >= 4 is 20.3 Å². The Morgan fingerprint density at radius 2 is 1.38 bits per heavy atom. The monoisotopic (exact) mass is 775 g/mol. The van der Waals surface area contributed by atoms with Gasteiger partial charge in [-0.2, -0.15) is 31.6 Å². The molecule has 4 N–H and O–H groups in total. The quantitative estimate of drug-likeness (QED) is 0.0419. The van der Waals surface area contributed by atoms with Crippen molar-refractivity contribution in [3.63, 3.8) is 0 Å². The maximum atomic E-state index is 12.8. The van der Waals surface area contributed by atoms with Crippen molar-refractivity contribution in [2.24, 2.45) is 11.1 Å². The largest absolute Gasteiger partial charge is 0.497 e. The number of nitrogens with one attached hydrogen (secondary N) is 2. The lowest BCUT2D eigenvalue weighted by Crippen LogP contribution is -2.39. The summed E-state index contributed by atoms with van der Waals surface area (Å²) in [5, 5.41) is 12.8. The third kappa shape index (κ3) is 18.2. The van der Waals surface area contributed by atoms with Crippen LogP contribution in [0.15, 0.2) is 24.3 Å². The minimum Gasteiger partial charge on any atom is -0.497 e. The molecule has 0 fully saturated rings. The first kappa shape index (κ1) is 47.1. The maximum Gasteiger partial charge on any atom is 0.471 e. The molecule has 0 radical (unpaired) electrons. The summed E-state index contributed by atoms with van der Waals surface area (Å²) in [7, 11) is -0.284. The van der Waals surface area contributed by atoms with Gasteiger partial charge in [0.1, 0.15) is 18.1 Å². The fourth-order valence-corrected chi connectivity index (χ4v) is 6.87. The van der Waals surface area contributed by atoms with Gasteiger partial charge in [-0.05, 0) is 102 Å². The molecule has 1 aromatic carbocycles. The van der Waals surface area contributed by atoms with Gasteiger partial charge in [0, 0.05) is 25.2 Å². The molecule has 19 heteroatoms. The second kappa shape index (κ2) is 23.7. The van der Waals surface area contributed by atoms with E-state index in [1.807, 2.05) is 49.1 Å². The minimum atomic E-state index is -5.06. The van der Waals surface area contributed by atoms with E-state index in [1.165, 1.54) is 7.11 Å². The summed E-state index contributed by atoms with van der Waals surface area (Å²) in [4.78, 5) is 22.8. The van der Waals surface area contributed by atoms with E-state index in [0.717, 1.165) is 0 Å². The average molecular weight is 776 g/mol. The third-order valence-corrected chi connectivity index (χ3v) is 9.74. The summed E-state index contributed by atoms with van der Waals surface area (Å²) >= 11 is 0. The number of halogens is 6. The first-order valence-electron chi connectivity index (χ1n) is 16.9. The van der Waals surface area contributed by atoms with Crippen LogP contribution in [0.5, 0.6) is 11.5 Å². The van der Waals surface area contributed by atoms with Crippen molar-refractivity contribution in [2.75, 3.05) is 46.6 Å². The smallest absolute Gasteiger partial charge is 0.471 e. The highest BCUT2D eigenvalue weighted by Crippen LogP contribution is 2.47. The zero-order valence-electron chi connectivity index (χ0n) is 30.3. The number of ether oxygens (including phenoxy) is 3. The van der Waals surface area contributed by atoms with E-state index in [2.05, 4.69) is 0 Å². The van der Waals surface area contributed by atoms with Crippen LogP contribution in [0.25, 0.3) is 0 Å². The molecule has 2 amide bonds. The van der Waals surface area contributed by atoms with Crippen molar-refractivity contribution < 1.29 is 59.2 Å². The van der Waals surface area contributed by atoms with Gasteiger partial charge < -0.3 is 35.1 Å². The van der Waals surface area contributed by atoms with Gasteiger partial charge >= 0.3 is 24.2 Å². The van der Waals surface area contributed by atoms with Gasteiger partial charge in [0.05, 0.1) is 32.8 Å². The summed E-state index contributed by atoms with van der Waals surface area (Å²) in [5.41, 5.74) is 4.97. The van der Waals surface area contributed by atoms with Crippen molar-refractivity contribution in [2.45, 2.75) is 103 Å². The Morgan fingerprint density at radius 3 is 1.83 bits per heavy atom. The number of benzene rings is 1. The Bertz CT molecular complexity index is 1180. The fraction of sp³-hybridized carbons (Fsp3) is 0.727. The Hall–Kier alpha value is -2.94. The van der Waals surface area contributed by atoms with E-state index < -0.39 is 44.4 Å². The number of rotatable bonds is 26. The second-order valence-corrected chi connectivity index (χ2v) is 13.9. The van der Waals surface area contributed by atoms with E-state index in [-0.39, 0.29) is 83.6 Å². The lowest BCUT2D eigenvalue weighted by molar-refractivity contribution is -0.173. The second-order valence-electron chi connectivity index (χ2n) is 12.5. The molecule has 0 aliphatic rings. The van der Waals surface area contributed by atoms with Crippen molar-refractivity contribution in [3.8, 4) is 17.6 Å². The Morgan fingerprint density at radius 1 is 0.885 bits per heavy atom. The van der Waals surface area contributed by atoms with E-state index in [1.54, 1.807) is 24.3 Å². The molecule has 0 aromatic heterocycles. The number of nitrogens with two attached hydrogens (primary N) is 1. The maximum absolute atomic E-state index is 12.8. The zero-order valence-corrected chi connectivity index (χ0v) is 31.2. The van der Waals surface area contributed by atoms with Gasteiger partial charge in [0.2, 0.25) is 6.29 Å². The number of carbonyl (C=O) groups excluding carboxylic acids is 2. The molecular formula is C33H52F6N5O7P. The van der Waals surface area contributed by atoms with Crippen LogP contribution < -0.4 is 25.8 Å². The fourth-order valence-electron chi connectivity index (χ4n) is 5.26. The molecule has 0 saturated carbocycles. The highest BCUT2D eigenvalue weighted by atomic mass is 31.2. The molecular weight excluding hydrogens is 723 g/mol. The summed E-state index contributed by atoms with van der Waals surface area (Å²) in [6, 6.07) is 8.66. The predicted molar refractivity (Wildman–Crippen MR) is 182 cm³/mol. The number of hydrogen-bond donors (Lipinski definition) is 3. The molecule has 12 nitrogen and oxygen atoms in total. The molecule has 0 bridgehead atoms. The minimum absolute atomic E-state index is 0.0321. The molecule has 0 aliphatic carbocycles. The van der Waals surface area contributed by atoms with Crippen LogP contribution in [0.4, 0.5) is 26.3 Å². The van der Waals surface area contributed by atoms with Crippen LogP contribution >= 0.6 is 8.53 Å². The third-order valence-electron chi connectivity index (χ3n) is 7.62. The number of amides is 2. The van der Waals surface area contributed by atoms with Crippen LogP contribution in [-0.4, -0.2) is 93.8 Å². The van der Waals surface area contributed by atoms with E-state index in [9.17, 15) is 35.9 Å². The number of nitriles is 1. The van der Waals surface area contributed by atoms with Gasteiger partial charge in [-0.1, -0.05) is 0 Å². The first-order valence-corrected chi connectivity index (χ1v) is 18.1. The van der Waals surface area contributed by atoms with Gasteiger partial charge in [-0.25, -0.2) is 4.67 Å². The van der Waals surface area contributed by atoms with Crippen molar-refractivity contribution in [1.29, 1.82) is 5.26 Å². The van der Waals surface area contributed by atoms with Crippen LogP contribution in [0.2, 0.25) is 0 Å². The lowest BCUT2D eigenvalue weighted by Gasteiger charge is -2.38. The normalized spacial score (nSPS) is 13.6. The molecule has 2 unspecified atom stereocenters. The standard InChI is InChI=1S/C33H52F6N5O7P/c1-24(2)44(25(3)4)52(49-21-9-18-41)51-28(50-27-12-10-26(47-5)11-13-27)22-48-23-31(14-6-17-40,15-7-19-42-29(45)32(34,35)36)16-8-20-43-30(46)33(37,38)39/h10-13,24-25,28H,6-9,14-17,19-23,40H2,1-5H3,(H,42,45)(H,43,46). The zero-order chi connectivity index (χ0) is 39.4. The summed E-state index contributed by atoms with van der Waals surface area (Å²) in [5.74, 6) is -3.20. The number of hydrogen-bond acceptors (Lipinski definition) is 10. The highest BCUT2D eigenvalue weighted by molar-refractivity contribution is 7.44. The Labute approximate surface area is 302 Å². The molecule has 0 saturated heterocycles. The average Bonchev–Trinajstić information content (AvgIpc) is 3.06. The Kier molecular flexibility index (Phi) is 21.4. The van der Waals surface area contributed by atoms with Crippen LogP contribution in [0.3, 0.4) is 0 Å². The molecule has 1 rings (SSSR count). The predicted octanol–water partition coefficient (Wildman–Crippen LogP) is 6.35. The van der Waals surface area contributed by atoms with Crippen molar-refractivity contribution in [1.82, 2.24) is 15.3 Å². The van der Waals surface area contributed by atoms with Gasteiger partial charge in [0.15, 0.2) is 0 Å². The molecule has 298 valence electrons. The first-order chi connectivity index (χ1) is 24.4. The number of alkyl halides is 6. The molecule has 2 atom stereocenters. The van der Waals surface area contributed by atoms with Gasteiger partial charge in [-0.15, -0.1) is 0 Å². The van der Waals surface area contributed by atoms with Gasteiger partial charge in [-0.3, -0.25) is 14.1 Å². The van der Waals surface area contributed by atoms with Crippen LogP contribution in [-0.2, 0) is 23.4 Å². The van der Waals surface area contributed by atoms with Crippen LogP contribution in [0.1, 0.15) is 72.6 Å². The Balaban J connectivity index is 3.34. The summed E-state index contributed by atoms with van der Waals surface area (Å²) in [6.07, 6.45) is -9.66. The molecule has 0 heterocycles. The molecule has 1 aromatic rings. The topological polar surface area (TPSA) is 157 Å². The van der Waals surface area contributed by atoms with Gasteiger partial charge in [0.25, 0.3) is 8.53 Å². The highest BCUT2D eigenvalue weighted by Gasteiger charge is 2.40. The number of nitrogens with zero attached hydrogens (tertiary/aromatic N) is 2. The SMILES string of the molecule is COc1ccc(OC(COCC(CCCN)(CCCNC(=O)C(F)(F)F)CCCNC(=O)C(F)(F)F)OP(OCCC#N)N(C(C)C)C(C)C)cc1. The van der Waals surface area contributed by atoms with E-state index in [0.29, 0.717) is 24.3 Å². The molecule has 0 aliphatic heterocycles. The summed E-state index contributed by atoms with van der Waals surface area (Å²) in [6.45, 7) is 7.32. The van der Waals surface area contributed by atoms with Crippen LogP contribution in [0, 0.1) is 16.7 Å². The lowest BCUT2D eigenvalue weighted by atomic mass is 9.75. The van der Waals surface area contributed by atoms with E-state index in [4.69, 9.17) is 34.3 Å².